The Kier molecular flexibility index (Phi) is 8.83. The summed E-state index contributed by atoms with van der Waals surface area (Å²) in [6.45, 7) is 8.30. The molecule has 0 radical (unpaired) electrons. The molecule has 0 atom stereocenters. The zero-order valence-electron chi connectivity index (χ0n) is 18.9. The fourth-order valence-electron chi connectivity index (χ4n) is 2.91. The van der Waals surface area contributed by atoms with Gasteiger partial charge in [0, 0.05) is 16.7 Å². The molecule has 6 nitrogen and oxygen atoms in total. The molecule has 2 aromatic carbocycles. The molecular formula is C25H28N2O4. The van der Waals surface area contributed by atoms with E-state index in [9.17, 15) is 4.79 Å². The number of hydrogen-bond acceptors (Lipinski definition) is 6. The fraction of sp³-hybridized carbons (Fsp3) is 0.320. The summed E-state index contributed by atoms with van der Waals surface area (Å²) in [5.41, 5.74) is 5.29. The average molecular weight is 421 g/mol. The number of nitrogens with zero attached hydrogens (tertiary/aromatic N) is 2. The summed E-state index contributed by atoms with van der Waals surface area (Å²) < 4.78 is 4.79. The van der Waals surface area contributed by atoms with Gasteiger partial charge in [-0.2, -0.15) is 0 Å². The third-order valence-electron chi connectivity index (χ3n) is 4.46. The fourth-order valence-corrected chi connectivity index (χ4v) is 2.91. The molecule has 0 amide bonds. The van der Waals surface area contributed by atoms with Crippen molar-refractivity contribution in [2.75, 3.05) is 14.2 Å². The topological polar surface area (TPSA) is 69.5 Å². The number of oxime groups is 2. The van der Waals surface area contributed by atoms with E-state index in [-0.39, 0.29) is 12.3 Å². The smallest absolute Gasteiger partial charge is 0.360 e. The number of ether oxygens (including phenoxy) is 1. The first-order valence-corrected chi connectivity index (χ1v) is 9.94. The average Bonchev–Trinajstić information content (AvgIpc) is 2.76. The molecule has 0 heterocycles. The molecule has 0 spiro atoms. The minimum atomic E-state index is -0.598. The number of carbonyl (C=O) groups excluding carboxylic acids is 1. The van der Waals surface area contributed by atoms with E-state index >= 15 is 0 Å². The molecule has 6 heteroatoms. The van der Waals surface area contributed by atoms with E-state index in [1.54, 1.807) is 19.1 Å². The van der Waals surface area contributed by atoms with Crippen molar-refractivity contribution in [3.8, 4) is 11.8 Å². The minimum Gasteiger partial charge on any atom is -0.464 e. The highest BCUT2D eigenvalue weighted by Crippen LogP contribution is 2.20. The minimum absolute atomic E-state index is 0.0604. The predicted molar refractivity (Wildman–Crippen MR) is 122 cm³/mol. The number of benzene rings is 2. The van der Waals surface area contributed by atoms with Crippen LogP contribution in [0.15, 0.2) is 52.8 Å². The lowest BCUT2D eigenvalue weighted by Gasteiger charge is -2.09. The zero-order valence-corrected chi connectivity index (χ0v) is 18.9. The summed E-state index contributed by atoms with van der Waals surface area (Å²) in [4.78, 5) is 22.3. The van der Waals surface area contributed by atoms with Gasteiger partial charge in [-0.1, -0.05) is 72.0 Å². The van der Waals surface area contributed by atoms with Gasteiger partial charge in [-0.05, 0) is 37.3 Å². The van der Waals surface area contributed by atoms with E-state index in [4.69, 9.17) is 14.4 Å². The predicted octanol–water partition coefficient (Wildman–Crippen LogP) is 4.59. The first-order valence-electron chi connectivity index (χ1n) is 9.94. The molecule has 0 aliphatic carbocycles. The Hall–Kier alpha value is -3.59. The molecule has 162 valence electrons. The van der Waals surface area contributed by atoms with Crippen LogP contribution in [0.5, 0.6) is 0 Å². The second-order valence-corrected chi connectivity index (χ2v) is 7.22. The van der Waals surface area contributed by atoms with Crippen molar-refractivity contribution in [3.05, 3.63) is 70.3 Å². The molecule has 0 aliphatic heterocycles. The third kappa shape index (κ3) is 6.71. The summed E-state index contributed by atoms with van der Waals surface area (Å²) in [6.07, 6.45) is 0. The van der Waals surface area contributed by atoms with E-state index in [0.717, 1.165) is 5.56 Å². The quantitative estimate of drug-likeness (QED) is 0.284. The largest absolute Gasteiger partial charge is 0.464 e. The molecule has 0 aromatic heterocycles. The molecule has 31 heavy (non-hydrogen) atoms. The van der Waals surface area contributed by atoms with E-state index in [1.165, 1.54) is 25.3 Å². The molecular weight excluding hydrogens is 392 g/mol. The van der Waals surface area contributed by atoms with Gasteiger partial charge in [0.2, 0.25) is 0 Å². The number of methoxy groups -OCH3 is 1. The van der Waals surface area contributed by atoms with Crippen LogP contribution in [0.4, 0.5) is 0 Å². The second kappa shape index (κ2) is 11.6. The lowest BCUT2D eigenvalue weighted by Crippen LogP contribution is -2.19. The number of esters is 1. The van der Waals surface area contributed by atoms with Crippen LogP contribution in [0.2, 0.25) is 0 Å². The SMILES string of the molecule is CO/N=C(/C(=O)OC)c1ccccc1CO/N=C(\C)C#Cc1ccc(C)cc1C(C)C. The summed E-state index contributed by atoms with van der Waals surface area (Å²) in [6, 6.07) is 13.4. The summed E-state index contributed by atoms with van der Waals surface area (Å²) in [5, 5.41) is 7.88. The zero-order chi connectivity index (χ0) is 22.8. The lowest BCUT2D eigenvalue weighted by molar-refractivity contribution is -0.132. The number of aryl methyl sites for hydroxylation is 1. The van der Waals surface area contributed by atoms with Crippen molar-refractivity contribution in [2.24, 2.45) is 10.3 Å². The van der Waals surface area contributed by atoms with E-state index in [0.29, 0.717) is 22.8 Å². The monoisotopic (exact) mass is 420 g/mol. The van der Waals surface area contributed by atoms with Crippen molar-refractivity contribution in [1.82, 2.24) is 0 Å². The highest BCUT2D eigenvalue weighted by atomic mass is 16.6. The van der Waals surface area contributed by atoms with Gasteiger partial charge < -0.3 is 14.4 Å². The van der Waals surface area contributed by atoms with Crippen LogP contribution in [0, 0.1) is 18.8 Å². The first-order chi connectivity index (χ1) is 14.9. The molecule has 2 rings (SSSR count). The molecule has 0 fully saturated rings. The van der Waals surface area contributed by atoms with Crippen LogP contribution in [-0.4, -0.2) is 31.6 Å². The highest BCUT2D eigenvalue weighted by Gasteiger charge is 2.19. The third-order valence-corrected chi connectivity index (χ3v) is 4.46. The van der Waals surface area contributed by atoms with Gasteiger partial charge in [0.25, 0.3) is 0 Å². The molecule has 0 aliphatic rings. The van der Waals surface area contributed by atoms with Crippen LogP contribution >= 0.6 is 0 Å². The lowest BCUT2D eigenvalue weighted by atomic mass is 9.95. The van der Waals surface area contributed by atoms with Gasteiger partial charge in [0.05, 0.1) is 7.11 Å². The molecule has 0 saturated carbocycles. The van der Waals surface area contributed by atoms with E-state index in [1.807, 2.05) is 18.2 Å². The van der Waals surface area contributed by atoms with Gasteiger partial charge >= 0.3 is 5.97 Å². The standard InChI is InChI=1S/C25H28N2O4/c1-17(2)23-15-18(3)11-13-20(23)14-12-19(4)26-31-16-21-9-7-8-10-22(21)24(27-30-6)25(28)29-5/h7-11,13,15,17H,16H2,1-6H3/b26-19+,27-24+. The van der Waals surface area contributed by atoms with Crippen LogP contribution in [-0.2, 0) is 25.8 Å². The van der Waals surface area contributed by atoms with E-state index < -0.39 is 5.97 Å². The van der Waals surface area contributed by atoms with Crippen molar-refractivity contribution in [2.45, 2.75) is 40.2 Å². The van der Waals surface area contributed by atoms with Crippen molar-refractivity contribution in [1.29, 1.82) is 0 Å². The Balaban J connectivity index is 2.17. The van der Waals surface area contributed by atoms with Crippen LogP contribution in [0.1, 0.15) is 54.5 Å². The van der Waals surface area contributed by atoms with Crippen molar-refractivity contribution >= 4 is 17.4 Å². The molecule has 0 unspecified atom stereocenters. The first kappa shape index (κ1) is 23.7. The second-order valence-electron chi connectivity index (χ2n) is 7.22. The highest BCUT2D eigenvalue weighted by molar-refractivity contribution is 6.43. The molecule has 2 aromatic rings. The van der Waals surface area contributed by atoms with Gasteiger partial charge in [-0.25, -0.2) is 4.79 Å². The van der Waals surface area contributed by atoms with Gasteiger partial charge in [0.15, 0.2) is 5.71 Å². The summed E-state index contributed by atoms with van der Waals surface area (Å²) in [7, 11) is 2.66. The Morgan fingerprint density at radius 2 is 1.84 bits per heavy atom. The van der Waals surface area contributed by atoms with Crippen molar-refractivity contribution in [3.63, 3.8) is 0 Å². The molecule has 0 bridgehead atoms. The molecule has 0 saturated heterocycles. The Morgan fingerprint density at radius 1 is 1.10 bits per heavy atom. The Morgan fingerprint density at radius 3 is 2.52 bits per heavy atom. The number of hydrogen-bond donors (Lipinski definition) is 0. The maximum absolute atomic E-state index is 12.0. The number of carbonyl (C=O) groups is 1. The number of rotatable bonds is 7. The van der Waals surface area contributed by atoms with Gasteiger partial charge in [0.1, 0.15) is 19.4 Å². The van der Waals surface area contributed by atoms with E-state index in [2.05, 4.69) is 55.1 Å². The summed E-state index contributed by atoms with van der Waals surface area (Å²) >= 11 is 0. The van der Waals surface area contributed by atoms with Crippen LogP contribution in [0.25, 0.3) is 0 Å². The van der Waals surface area contributed by atoms with Crippen LogP contribution in [0.3, 0.4) is 0 Å². The Labute approximate surface area is 183 Å². The normalized spacial score (nSPS) is 11.6. The van der Waals surface area contributed by atoms with Crippen molar-refractivity contribution < 1.29 is 19.2 Å². The Bertz CT molecular complexity index is 1040. The summed E-state index contributed by atoms with van der Waals surface area (Å²) in [5.74, 6) is 6.01. The maximum atomic E-state index is 12.0. The maximum Gasteiger partial charge on any atom is 0.360 e. The molecule has 0 N–H and O–H groups in total. The van der Waals surface area contributed by atoms with Crippen LogP contribution < -0.4 is 0 Å². The van der Waals surface area contributed by atoms with Gasteiger partial charge in [-0.15, -0.1) is 0 Å². The van der Waals surface area contributed by atoms with Gasteiger partial charge in [-0.3, -0.25) is 0 Å².